The van der Waals surface area contributed by atoms with Gasteiger partial charge in [0, 0.05) is 6.20 Å². The topological polar surface area (TPSA) is 78.3 Å². The smallest absolute Gasteiger partial charge is 0.200 e. The van der Waals surface area contributed by atoms with Crippen molar-refractivity contribution in [1.82, 2.24) is 19.6 Å². The molecular formula is C18H15N5O. The van der Waals surface area contributed by atoms with Crippen LogP contribution in [0.25, 0.3) is 28.3 Å². The van der Waals surface area contributed by atoms with Crippen LogP contribution < -0.4 is 10.5 Å². The van der Waals surface area contributed by atoms with E-state index in [0.29, 0.717) is 23.0 Å². The number of nitrogens with zero attached hydrogens (tertiary/aromatic N) is 4. The minimum atomic E-state index is 0.521. The van der Waals surface area contributed by atoms with E-state index in [2.05, 4.69) is 15.1 Å². The molecule has 0 radical (unpaired) electrons. The quantitative estimate of drug-likeness (QED) is 0.628. The highest BCUT2D eigenvalue weighted by Gasteiger charge is 2.11. The van der Waals surface area contributed by atoms with E-state index in [1.807, 2.05) is 54.6 Å². The van der Waals surface area contributed by atoms with E-state index in [1.54, 1.807) is 17.8 Å². The van der Waals surface area contributed by atoms with Crippen molar-refractivity contribution in [2.75, 3.05) is 12.8 Å². The number of anilines is 1. The number of ether oxygens (including phenoxy) is 1. The number of aromatic nitrogens is 4. The molecule has 2 N–H and O–H groups in total. The van der Waals surface area contributed by atoms with Gasteiger partial charge in [0.25, 0.3) is 0 Å². The lowest BCUT2D eigenvalue weighted by atomic mass is 10.1. The van der Waals surface area contributed by atoms with Crippen LogP contribution in [0.15, 0.2) is 60.8 Å². The number of nitrogens with two attached hydrogens (primary N) is 1. The second kappa shape index (κ2) is 5.66. The molecule has 0 aliphatic carbocycles. The zero-order valence-corrected chi connectivity index (χ0v) is 13.0. The molecule has 118 valence electrons. The molecule has 6 nitrogen and oxygen atoms in total. The molecule has 3 heterocycles. The van der Waals surface area contributed by atoms with Crippen LogP contribution in [-0.4, -0.2) is 26.7 Å². The minimum Gasteiger partial charge on any atom is -0.497 e. The first-order chi connectivity index (χ1) is 11.7. The van der Waals surface area contributed by atoms with Gasteiger partial charge in [-0.3, -0.25) is 4.98 Å². The largest absolute Gasteiger partial charge is 0.497 e. The van der Waals surface area contributed by atoms with Gasteiger partial charge in [-0.05, 0) is 47.5 Å². The van der Waals surface area contributed by atoms with Crippen molar-refractivity contribution < 1.29 is 4.74 Å². The van der Waals surface area contributed by atoms with Crippen LogP contribution in [0.4, 0.5) is 5.82 Å². The van der Waals surface area contributed by atoms with Crippen LogP contribution in [0.5, 0.6) is 5.75 Å². The van der Waals surface area contributed by atoms with E-state index in [0.717, 1.165) is 16.9 Å². The van der Waals surface area contributed by atoms with E-state index in [1.165, 1.54) is 0 Å². The predicted octanol–water partition coefficient (Wildman–Crippen LogP) is 3.05. The SMILES string of the molecule is COc1ccc(-c2cc(N)n3nc(-c4ccccn4)nc3c2)cc1. The molecule has 0 unspecified atom stereocenters. The summed E-state index contributed by atoms with van der Waals surface area (Å²) in [7, 11) is 1.65. The van der Waals surface area contributed by atoms with E-state index < -0.39 is 0 Å². The Labute approximate surface area is 138 Å². The monoisotopic (exact) mass is 317 g/mol. The highest BCUT2D eigenvalue weighted by molar-refractivity contribution is 5.72. The molecular weight excluding hydrogens is 302 g/mol. The van der Waals surface area contributed by atoms with Crippen molar-refractivity contribution >= 4 is 11.5 Å². The normalized spacial score (nSPS) is 10.9. The summed E-state index contributed by atoms with van der Waals surface area (Å²) in [6, 6.07) is 17.3. The van der Waals surface area contributed by atoms with E-state index in [4.69, 9.17) is 10.5 Å². The molecule has 0 spiro atoms. The molecule has 0 atom stereocenters. The average molecular weight is 317 g/mol. The molecule has 0 saturated carbocycles. The molecule has 0 aliphatic heterocycles. The molecule has 4 rings (SSSR count). The summed E-state index contributed by atoms with van der Waals surface area (Å²) in [5, 5.41) is 4.44. The Bertz CT molecular complexity index is 993. The first-order valence-electron chi connectivity index (χ1n) is 7.47. The van der Waals surface area contributed by atoms with Crippen LogP contribution >= 0.6 is 0 Å². The predicted molar refractivity (Wildman–Crippen MR) is 92.6 cm³/mol. The summed E-state index contributed by atoms with van der Waals surface area (Å²) in [6.45, 7) is 0. The molecule has 0 saturated heterocycles. The van der Waals surface area contributed by atoms with Gasteiger partial charge in [-0.15, -0.1) is 5.10 Å². The highest BCUT2D eigenvalue weighted by atomic mass is 16.5. The van der Waals surface area contributed by atoms with Gasteiger partial charge in [-0.1, -0.05) is 18.2 Å². The summed E-state index contributed by atoms with van der Waals surface area (Å²) in [6.07, 6.45) is 1.72. The van der Waals surface area contributed by atoms with Crippen LogP contribution in [0.3, 0.4) is 0 Å². The summed E-state index contributed by atoms with van der Waals surface area (Å²) >= 11 is 0. The second-order valence-corrected chi connectivity index (χ2v) is 5.32. The Kier molecular flexibility index (Phi) is 3.35. The third-order valence-electron chi connectivity index (χ3n) is 3.78. The number of methoxy groups -OCH3 is 1. The molecule has 1 aromatic carbocycles. The van der Waals surface area contributed by atoms with Gasteiger partial charge in [-0.2, -0.15) is 4.52 Å². The Hall–Kier alpha value is -3.41. The van der Waals surface area contributed by atoms with E-state index in [9.17, 15) is 0 Å². The lowest BCUT2D eigenvalue weighted by molar-refractivity contribution is 0.415. The Morgan fingerprint density at radius 2 is 1.83 bits per heavy atom. The van der Waals surface area contributed by atoms with Crippen molar-refractivity contribution in [3.63, 3.8) is 0 Å². The van der Waals surface area contributed by atoms with Crippen LogP contribution in [0, 0.1) is 0 Å². The summed E-state index contributed by atoms with van der Waals surface area (Å²) in [4.78, 5) is 8.83. The summed E-state index contributed by atoms with van der Waals surface area (Å²) in [5.41, 5.74) is 9.56. The van der Waals surface area contributed by atoms with Gasteiger partial charge < -0.3 is 10.5 Å². The van der Waals surface area contributed by atoms with Gasteiger partial charge in [0.05, 0.1) is 7.11 Å². The number of fused-ring (bicyclic) bond motifs is 1. The van der Waals surface area contributed by atoms with E-state index >= 15 is 0 Å². The van der Waals surface area contributed by atoms with Gasteiger partial charge in [0.15, 0.2) is 5.65 Å². The van der Waals surface area contributed by atoms with Gasteiger partial charge >= 0.3 is 0 Å². The molecule has 0 fully saturated rings. The number of pyridine rings is 2. The maximum absolute atomic E-state index is 6.16. The summed E-state index contributed by atoms with van der Waals surface area (Å²) in [5.74, 6) is 1.88. The number of benzene rings is 1. The zero-order valence-electron chi connectivity index (χ0n) is 13.0. The highest BCUT2D eigenvalue weighted by Crippen LogP contribution is 2.26. The Morgan fingerprint density at radius 3 is 2.54 bits per heavy atom. The molecule has 0 aliphatic rings. The van der Waals surface area contributed by atoms with Crippen molar-refractivity contribution in [3.05, 3.63) is 60.8 Å². The Morgan fingerprint density at radius 1 is 1.00 bits per heavy atom. The summed E-state index contributed by atoms with van der Waals surface area (Å²) < 4.78 is 6.82. The molecule has 6 heteroatoms. The van der Waals surface area contributed by atoms with Crippen LogP contribution in [0.2, 0.25) is 0 Å². The maximum atomic E-state index is 6.16. The maximum Gasteiger partial charge on any atom is 0.200 e. The molecule has 24 heavy (non-hydrogen) atoms. The van der Waals surface area contributed by atoms with Crippen molar-refractivity contribution in [3.8, 4) is 28.4 Å². The number of hydrogen-bond acceptors (Lipinski definition) is 5. The van der Waals surface area contributed by atoms with E-state index in [-0.39, 0.29) is 0 Å². The molecule has 0 bridgehead atoms. The number of rotatable bonds is 3. The first kappa shape index (κ1) is 14.2. The lowest BCUT2D eigenvalue weighted by Crippen LogP contribution is -1.99. The van der Waals surface area contributed by atoms with Gasteiger partial charge in [0.1, 0.15) is 17.3 Å². The number of nitrogen functional groups attached to an aromatic ring is 1. The third kappa shape index (κ3) is 2.44. The standard InChI is InChI=1S/C18H15N5O/c1-24-14-7-5-12(6-8-14)13-10-16(19)23-17(11-13)21-18(22-23)15-4-2-3-9-20-15/h2-11H,19H2,1H3. The fourth-order valence-electron chi connectivity index (χ4n) is 2.56. The second-order valence-electron chi connectivity index (χ2n) is 5.32. The number of hydrogen-bond donors (Lipinski definition) is 1. The minimum absolute atomic E-state index is 0.521. The van der Waals surface area contributed by atoms with Crippen LogP contribution in [-0.2, 0) is 0 Å². The van der Waals surface area contributed by atoms with Crippen molar-refractivity contribution in [2.24, 2.45) is 0 Å². The fraction of sp³-hybridized carbons (Fsp3) is 0.0556. The van der Waals surface area contributed by atoms with Gasteiger partial charge in [0.2, 0.25) is 5.82 Å². The van der Waals surface area contributed by atoms with Crippen molar-refractivity contribution in [2.45, 2.75) is 0 Å². The molecule has 0 amide bonds. The molecule has 4 aromatic rings. The molecule has 3 aromatic heterocycles. The zero-order chi connectivity index (χ0) is 16.5. The average Bonchev–Trinajstić information content (AvgIpc) is 3.07. The van der Waals surface area contributed by atoms with Crippen molar-refractivity contribution in [1.29, 1.82) is 0 Å². The third-order valence-corrected chi connectivity index (χ3v) is 3.78. The van der Waals surface area contributed by atoms with Crippen LogP contribution in [0.1, 0.15) is 0 Å². The first-order valence-corrected chi connectivity index (χ1v) is 7.47. The van der Waals surface area contributed by atoms with Gasteiger partial charge in [-0.25, -0.2) is 4.98 Å². The Balaban J connectivity index is 1.81. The fourth-order valence-corrected chi connectivity index (χ4v) is 2.56. The lowest BCUT2D eigenvalue weighted by Gasteiger charge is -2.06.